The van der Waals surface area contributed by atoms with Gasteiger partial charge in [0.1, 0.15) is 17.5 Å². The fourth-order valence-electron chi connectivity index (χ4n) is 2.07. The first kappa shape index (κ1) is 15.8. The van der Waals surface area contributed by atoms with Gasteiger partial charge in [-0.3, -0.25) is 0 Å². The summed E-state index contributed by atoms with van der Waals surface area (Å²) in [6.45, 7) is 7.31. The Bertz CT molecular complexity index is 445. The highest BCUT2D eigenvalue weighted by Crippen LogP contribution is 2.26. The van der Waals surface area contributed by atoms with E-state index in [1.54, 1.807) is 0 Å². The Morgan fingerprint density at radius 3 is 2.60 bits per heavy atom. The minimum atomic E-state index is 0.336. The van der Waals surface area contributed by atoms with Gasteiger partial charge in [0.25, 0.3) is 0 Å². The van der Waals surface area contributed by atoms with E-state index >= 15 is 0 Å². The molecule has 2 N–H and O–H groups in total. The van der Waals surface area contributed by atoms with Gasteiger partial charge >= 0.3 is 0 Å². The Morgan fingerprint density at radius 2 is 2.00 bits per heavy atom. The van der Waals surface area contributed by atoms with Crippen LogP contribution in [-0.2, 0) is 0 Å². The van der Waals surface area contributed by atoms with E-state index in [9.17, 15) is 0 Å². The lowest BCUT2D eigenvalue weighted by Crippen LogP contribution is -2.24. The first-order chi connectivity index (χ1) is 9.61. The zero-order valence-corrected chi connectivity index (χ0v) is 14.3. The van der Waals surface area contributed by atoms with Crippen LogP contribution in [0.3, 0.4) is 0 Å². The van der Waals surface area contributed by atoms with E-state index in [2.05, 4.69) is 64.9 Å². The monoisotopic (exact) mass is 312 g/mol. The normalized spacial score (nSPS) is 19.1. The molecule has 0 bridgehead atoms. The van der Waals surface area contributed by atoms with Crippen molar-refractivity contribution in [2.45, 2.75) is 31.9 Å². The zero-order valence-electron chi connectivity index (χ0n) is 12.7. The number of hydrogen-bond acceptors (Lipinski definition) is 6. The number of thioether (sulfide) groups is 2. The van der Waals surface area contributed by atoms with Crippen molar-refractivity contribution >= 4 is 35.2 Å². The number of anilines is 2. The number of aromatic nitrogens is 2. The quantitative estimate of drug-likeness (QED) is 0.871. The van der Waals surface area contributed by atoms with Crippen LogP contribution in [0.2, 0.25) is 0 Å². The first-order valence-electron chi connectivity index (χ1n) is 7.11. The molecule has 0 aromatic carbocycles. The molecule has 4 nitrogen and oxygen atoms in total. The minimum Gasteiger partial charge on any atom is -0.373 e. The summed E-state index contributed by atoms with van der Waals surface area (Å²) in [7, 11) is 1.91. The minimum absolute atomic E-state index is 0.336. The van der Waals surface area contributed by atoms with Gasteiger partial charge in [0.05, 0.1) is 0 Å². The second-order valence-corrected chi connectivity index (χ2v) is 7.82. The lowest BCUT2D eigenvalue weighted by Gasteiger charge is -2.22. The van der Waals surface area contributed by atoms with Gasteiger partial charge in [0, 0.05) is 47.6 Å². The standard InChI is InChI=1S/C14H24N4S2/c1-9(2)12-17-13(15-4)10(3)14(18-12)16-7-11-8-19-5-6-20-11/h9,11H,5-8H2,1-4H3,(H2,15,16,17,18). The van der Waals surface area contributed by atoms with Crippen molar-refractivity contribution in [2.24, 2.45) is 0 Å². The Hall–Kier alpha value is -0.620. The molecule has 2 heterocycles. The van der Waals surface area contributed by atoms with Crippen LogP contribution < -0.4 is 10.6 Å². The van der Waals surface area contributed by atoms with Gasteiger partial charge in [-0.2, -0.15) is 23.5 Å². The van der Waals surface area contributed by atoms with Gasteiger partial charge in [-0.1, -0.05) is 13.8 Å². The van der Waals surface area contributed by atoms with Crippen LogP contribution in [-0.4, -0.2) is 46.1 Å². The van der Waals surface area contributed by atoms with E-state index in [1.807, 2.05) is 7.05 Å². The third kappa shape index (κ3) is 3.95. The summed E-state index contributed by atoms with van der Waals surface area (Å²) in [5.41, 5.74) is 1.10. The maximum absolute atomic E-state index is 4.69. The third-order valence-electron chi connectivity index (χ3n) is 3.30. The van der Waals surface area contributed by atoms with E-state index in [0.29, 0.717) is 11.2 Å². The molecule has 1 atom stereocenters. The molecule has 20 heavy (non-hydrogen) atoms. The number of nitrogens with zero attached hydrogens (tertiary/aromatic N) is 2. The number of hydrogen-bond donors (Lipinski definition) is 2. The Labute approximate surface area is 130 Å². The SMILES string of the molecule is CNc1nc(C(C)C)nc(NCC2CSCCS2)c1C. The van der Waals surface area contributed by atoms with Crippen molar-refractivity contribution in [1.29, 1.82) is 0 Å². The van der Waals surface area contributed by atoms with Gasteiger partial charge in [0.2, 0.25) is 0 Å². The largest absolute Gasteiger partial charge is 0.373 e. The fraction of sp³-hybridized carbons (Fsp3) is 0.714. The molecule has 0 amide bonds. The van der Waals surface area contributed by atoms with Gasteiger partial charge < -0.3 is 10.6 Å². The van der Waals surface area contributed by atoms with Crippen molar-refractivity contribution in [3.63, 3.8) is 0 Å². The lowest BCUT2D eigenvalue weighted by molar-refractivity contribution is 0.773. The van der Waals surface area contributed by atoms with Crippen LogP contribution in [0.15, 0.2) is 0 Å². The third-order valence-corrected chi connectivity index (χ3v) is 6.14. The first-order valence-corrected chi connectivity index (χ1v) is 9.31. The van der Waals surface area contributed by atoms with Crippen molar-refractivity contribution in [3.8, 4) is 0 Å². The van der Waals surface area contributed by atoms with Gasteiger partial charge in [0.15, 0.2) is 0 Å². The van der Waals surface area contributed by atoms with Crippen LogP contribution in [0.1, 0.15) is 31.2 Å². The second kappa shape index (κ2) is 7.41. The maximum atomic E-state index is 4.69. The molecule has 1 fully saturated rings. The van der Waals surface area contributed by atoms with Crippen molar-refractivity contribution in [1.82, 2.24) is 9.97 Å². The Balaban J connectivity index is 2.10. The Morgan fingerprint density at radius 1 is 1.25 bits per heavy atom. The summed E-state index contributed by atoms with van der Waals surface area (Å²) in [6.07, 6.45) is 0. The highest BCUT2D eigenvalue weighted by atomic mass is 32.2. The molecule has 2 rings (SSSR count). The number of rotatable bonds is 5. The van der Waals surface area contributed by atoms with E-state index in [0.717, 1.165) is 29.6 Å². The fourth-order valence-corrected chi connectivity index (χ4v) is 4.68. The van der Waals surface area contributed by atoms with Crippen LogP contribution in [0.25, 0.3) is 0 Å². The van der Waals surface area contributed by atoms with Crippen LogP contribution in [0.4, 0.5) is 11.6 Å². The van der Waals surface area contributed by atoms with Gasteiger partial charge in [-0.15, -0.1) is 0 Å². The molecule has 1 aromatic rings. The molecule has 0 aliphatic carbocycles. The molecular weight excluding hydrogens is 288 g/mol. The smallest absolute Gasteiger partial charge is 0.135 e. The van der Waals surface area contributed by atoms with E-state index in [-0.39, 0.29) is 0 Å². The van der Waals surface area contributed by atoms with Crippen LogP contribution in [0.5, 0.6) is 0 Å². The maximum Gasteiger partial charge on any atom is 0.135 e. The summed E-state index contributed by atoms with van der Waals surface area (Å²) >= 11 is 4.12. The van der Waals surface area contributed by atoms with E-state index < -0.39 is 0 Å². The topological polar surface area (TPSA) is 49.8 Å². The van der Waals surface area contributed by atoms with Crippen molar-refractivity contribution in [2.75, 3.05) is 41.5 Å². The molecule has 1 aromatic heterocycles. The van der Waals surface area contributed by atoms with Crippen molar-refractivity contribution in [3.05, 3.63) is 11.4 Å². The highest BCUT2D eigenvalue weighted by Gasteiger charge is 2.16. The van der Waals surface area contributed by atoms with Gasteiger partial charge in [-0.25, -0.2) is 9.97 Å². The molecule has 1 saturated heterocycles. The molecule has 0 saturated carbocycles. The summed E-state index contributed by atoms with van der Waals surface area (Å²) in [4.78, 5) is 9.26. The van der Waals surface area contributed by atoms with E-state index in [4.69, 9.17) is 0 Å². The van der Waals surface area contributed by atoms with Crippen molar-refractivity contribution < 1.29 is 0 Å². The number of nitrogens with one attached hydrogen (secondary N) is 2. The van der Waals surface area contributed by atoms with Crippen LogP contribution in [0, 0.1) is 6.92 Å². The summed E-state index contributed by atoms with van der Waals surface area (Å²) in [5.74, 6) is 6.92. The molecule has 0 radical (unpaired) electrons. The summed E-state index contributed by atoms with van der Waals surface area (Å²) < 4.78 is 0. The molecule has 1 aliphatic rings. The molecule has 1 aliphatic heterocycles. The molecule has 112 valence electrons. The van der Waals surface area contributed by atoms with E-state index in [1.165, 1.54) is 17.3 Å². The predicted octanol–water partition coefficient (Wildman–Crippen LogP) is 3.21. The predicted molar refractivity (Wildman–Crippen MR) is 92.5 cm³/mol. The zero-order chi connectivity index (χ0) is 14.5. The highest BCUT2D eigenvalue weighted by molar-refractivity contribution is 8.06. The Kier molecular flexibility index (Phi) is 5.84. The molecule has 0 spiro atoms. The second-order valence-electron chi connectivity index (χ2n) is 5.26. The summed E-state index contributed by atoms with van der Waals surface area (Å²) in [6, 6.07) is 0. The summed E-state index contributed by atoms with van der Waals surface area (Å²) in [5, 5.41) is 7.38. The van der Waals surface area contributed by atoms with Crippen LogP contribution >= 0.6 is 23.5 Å². The molecule has 6 heteroatoms. The average Bonchev–Trinajstić information content (AvgIpc) is 2.47. The lowest BCUT2D eigenvalue weighted by atomic mass is 10.2. The van der Waals surface area contributed by atoms with Gasteiger partial charge in [-0.05, 0) is 6.92 Å². The average molecular weight is 313 g/mol. The molecular formula is C14H24N4S2. The molecule has 1 unspecified atom stereocenters.